The van der Waals surface area contributed by atoms with Gasteiger partial charge in [0.15, 0.2) is 0 Å². The van der Waals surface area contributed by atoms with E-state index in [9.17, 15) is 9.18 Å². The number of ether oxygens (including phenoxy) is 1. The number of carbonyl (C=O) groups is 1. The van der Waals surface area contributed by atoms with Gasteiger partial charge in [-0.1, -0.05) is 5.21 Å². The van der Waals surface area contributed by atoms with Crippen LogP contribution in [0.5, 0.6) is 0 Å². The molecule has 3 rings (SSSR count). The number of carbonyl (C=O) groups excluding carboxylic acids is 1. The highest BCUT2D eigenvalue weighted by Crippen LogP contribution is 2.23. The molecule has 0 atom stereocenters. The number of hydrogen-bond donors (Lipinski definition) is 2. The van der Waals surface area contributed by atoms with E-state index in [1.807, 2.05) is 4.90 Å². The topological polar surface area (TPSA) is 95.8 Å². The van der Waals surface area contributed by atoms with E-state index in [1.54, 1.807) is 23.2 Å². The third-order valence-corrected chi connectivity index (χ3v) is 4.76. The van der Waals surface area contributed by atoms with Crippen LogP contribution < -0.4 is 10.2 Å². The molecule has 1 amide bonds. The van der Waals surface area contributed by atoms with Crippen molar-refractivity contribution < 1.29 is 19.0 Å². The van der Waals surface area contributed by atoms with Crippen LogP contribution in [0.15, 0.2) is 24.4 Å². The third-order valence-electron chi connectivity index (χ3n) is 4.44. The number of hydrogen-bond acceptors (Lipinski definition) is 7. The lowest BCUT2D eigenvalue weighted by atomic mass is 10.2. The van der Waals surface area contributed by atoms with Crippen molar-refractivity contribution >= 4 is 29.0 Å². The van der Waals surface area contributed by atoms with Gasteiger partial charge in [0.1, 0.15) is 18.1 Å². The Morgan fingerprint density at radius 1 is 1.36 bits per heavy atom. The predicted octanol–water partition coefficient (Wildman–Crippen LogP) is 0.0682. The smallest absolute Gasteiger partial charge is 0.256 e. The fraction of sp³-hybridized carbons (Fsp3) is 0.412. The molecule has 1 aromatic heterocycles. The van der Waals surface area contributed by atoms with Crippen molar-refractivity contribution in [2.75, 3.05) is 44.8 Å². The molecule has 0 radical (unpaired) electrons. The Balaban J connectivity index is 1.65. The molecule has 0 unspecified atom stereocenters. The van der Waals surface area contributed by atoms with Crippen molar-refractivity contribution in [3.8, 4) is 5.69 Å². The zero-order valence-electron chi connectivity index (χ0n) is 15.3. The van der Waals surface area contributed by atoms with Gasteiger partial charge in [0.2, 0.25) is 5.91 Å². The maximum Gasteiger partial charge on any atom is 0.256 e. The molecule has 0 bridgehead atoms. The summed E-state index contributed by atoms with van der Waals surface area (Å²) in [6.45, 7) is 1.74. The van der Waals surface area contributed by atoms with Gasteiger partial charge in [-0.2, -0.15) is 0 Å². The lowest BCUT2D eigenvalue weighted by molar-refractivity contribution is -0.134. The van der Waals surface area contributed by atoms with Gasteiger partial charge in [-0.05, 0) is 24.4 Å². The summed E-state index contributed by atoms with van der Waals surface area (Å²) in [5.74, 6) is -0.687. The minimum atomic E-state index is -0.504. The molecular formula is C17H21FN6O3S. The van der Waals surface area contributed by atoms with Crippen LogP contribution in [0.1, 0.15) is 5.69 Å². The van der Waals surface area contributed by atoms with Crippen molar-refractivity contribution in [3.05, 3.63) is 35.9 Å². The molecule has 1 saturated heterocycles. The van der Waals surface area contributed by atoms with Gasteiger partial charge >= 0.3 is 0 Å². The van der Waals surface area contributed by atoms with E-state index in [1.165, 1.54) is 17.9 Å². The lowest BCUT2D eigenvalue weighted by Crippen LogP contribution is -2.49. The number of nitrogens with one attached hydrogen (secondary N) is 1. The number of piperazine rings is 1. The molecule has 2 heterocycles. The Kier molecular flexibility index (Phi) is 6.37. The number of aliphatic hydroxyl groups is 1. The molecule has 1 aromatic carbocycles. The molecule has 11 heteroatoms. The van der Waals surface area contributed by atoms with E-state index in [0.29, 0.717) is 49.8 Å². The zero-order valence-corrected chi connectivity index (χ0v) is 16.2. The van der Waals surface area contributed by atoms with E-state index in [4.69, 9.17) is 22.1 Å². The zero-order chi connectivity index (χ0) is 20.1. The van der Waals surface area contributed by atoms with Gasteiger partial charge in [-0.25, -0.2) is 9.07 Å². The molecule has 2 N–H and O–H groups in total. The number of anilines is 1. The van der Waals surface area contributed by atoms with Gasteiger partial charge in [-0.3, -0.25) is 4.79 Å². The van der Waals surface area contributed by atoms with Crippen molar-refractivity contribution in [1.82, 2.24) is 25.2 Å². The number of benzene rings is 1. The summed E-state index contributed by atoms with van der Waals surface area (Å²) < 4.78 is 21.0. The first kappa shape index (κ1) is 20.0. The van der Waals surface area contributed by atoms with Crippen molar-refractivity contribution in [1.29, 1.82) is 0 Å². The van der Waals surface area contributed by atoms with Crippen LogP contribution in [-0.4, -0.2) is 76.0 Å². The second-order valence-electron chi connectivity index (χ2n) is 6.16. The fourth-order valence-corrected chi connectivity index (χ4v) is 3.00. The summed E-state index contributed by atoms with van der Waals surface area (Å²) in [6.07, 6.45) is 1.68. The molecular weight excluding hydrogens is 387 g/mol. The fourth-order valence-electron chi connectivity index (χ4n) is 2.93. The van der Waals surface area contributed by atoms with Crippen LogP contribution in [0.3, 0.4) is 0 Å². The van der Waals surface area contributed by atoms with E-state index in [-0.39, 0.29) is 16.9 Å². The van der Waals surface area contributed by atoms with E-state index < -0.39 is 6.61 Å². The molecule has 0 saturated carbocycles. The second kappa shape index (κ2) is 8.93. The number of aromatic nitrogens is 3. The molecule has 9 nitrogen and oxygen atoms in total. The molecule has 0 aliphatic carbocycles. The first-order valence-electron chi connectivity index (χ1n) is 8.68. The molecule has 2 aromatic rings. The van der Waals surface area contributed by atoms with Crippen molar-refractivity contribution in [3.63, 3.8) is 0 Å². The molecule has 28 heavy (non-hydrogen) atoms. The van der Waals surface area contributed by atoms with Crippen LogP contribution in [-0.2, 0) is 16.1 Å². The molecule has 1 aliphatic rings. The van der Waals surface area contributed by atoms with E-state index in [0.717, 1.165) is 0 Å². The average Bonchev–Trinajstić information content (AvgIpc) is 3.20. The number of amides is 1. The van der Waals surface area contributed by atoms with Crippen LogP contribution in [0.25, 0.3) is 5.69 Å². The second-order valence-corrected chi connectivity index (χ2v) is 6.53. The highest BCUT2D eigenvalue weighted by Gasteiger charge is 2.22. The predicted molar refractivity (Wildman–Crippen MR) is 104 cm³/mol. The van der Waals surface area contributed by atoms with Crippen molar-refractivity contribution in [2.24, 2.45) is 0 Å². The largest absolute Gasteiger partial charge is 0.474 e. The molecule has 0 spiro atoms. The minimum absolute atomic E-state index is 0.255. The highest BCUT2D eigenvalue weighted by atomic mass is 32.1. The van der Waals surface area contributed by atoms with Gasteiger partial charge in [0, 0.05) is 32.2 Å². The summed E-state index contributed by atoms with van der Waals surface area (Å²) in [6, 6.07) is 4.84. The number of aliphatic hydroxyl groups excluding tert-OH is 1. The van der Waals surface area contributed by atoms with Crippen LogP contribution in [0.2, 0.25) is 0 Å². The maximum atomic E-state index is 14.7. The Hall–Kier alpha value is -2.79. The van der Waals surface area contributed by atoms with Gasteiger partial charge < -0.3 is 25.0 Å². The standard InChI is InChI=1S/C17H21FN6O3S/c1-27-17(28)19-9-12-10-24(21-20-12)13-2-3-15(14(18)8-13)22-4-6-23(7-5-22)16(26)11-25/h2-3,8,10,25H,4-7,9,11H2,1H3,(H,19,28). The Bertz CT molecular complexity index is 853. The van der Waals surface area contributed by atoms with Crippen LogP contribution in [0.4, 0.5) is 10.1 Å². The van der Waals surface area contributed by atoms with E-state index in [2.05, 4.69) is 15.6 Å². The molecule has 1 aliphatic heterocycles. The Labute approximate surface area is 166 Å². The van der Waals surface area contributed by atoms with Gasteiger partial charge in [0.25, 0.3) is 5.17 Å². The Morgan fingerprint density at radius 2 is 2.11 bits per heavy atom. The number of methoxy groups -OCH3 is 1. The normalized spacial score (nSPS) is 14.1. The highest BCUT2D eigenvalue weighted by molar-refractivity contribution is 7.80. The first-order valence-corrected chi connectivity index (χ1v) is 9.09. The molecule has 1 fully saturated rings. The van der Waals surface area contributed by atoms with Crippen molar-refractivity contribution in [2.45, 2.75) is 6.54 Å². The Morgan fingerprint density at radius 3 is 2.75 bits per heavy atom. The van der Waals surface area contributed by atoms with Gasteiger partial charge in [0.05, 0.1) is 31.2 Å². The SMILES string of the molecule is COC(=S)NCc1cn(-c2ccc(N3CCN(C(=O)CO)CC3)c(F)c2)nn1. The van der Waals surface area contributed by atoms with Crippen LogP contribution >= 0.6 is 12.2 Å². The monoisotopic (exact) mass is 408 g/mol. The van der Waals surface area contributed by atoms with Gasteiger partial charge in [-0.15, -0.1) is 5.10 Å². The summed E-state index contributed by atoms with van der Waals surface area (Å²) >= 11 is 4.90. The number of rotatable bonds is 5. The quantitative estimate of drug-likeness (QED) is 0.671. The number of nitrogens with zero attached hydrogens (tertiary/aromatic N) is 5. The third kappa shape index (κ3) is 4.54. The average molecular weight is 408 g/mol. The van der Waals surface area contributed by atoms with E-state index >= 15 is 0 Å². The maximum absolute atomic E-state index is 14.7. The first-order chi connectivity index (χ1) is 13.5. The summed E-state index contributed by atoms with van der Waals surface area (Å²) in [5.41, 5.74) is 1.64. The lowest BCUT2D eigenvalue weighted by Gasteiger charge is -2.36. The summed E-state index contributed by atoms with van der Waals surface area (Å²) in [4.78, 5) is 15.0. The number of thiocarbonyl (C=S) groups is 1. The summed E-state index contributed by atoms with van der Waals surface area (Å²) in [5, 5.41) is 20.1. The summed E-state index contributed by atoms with van der Waals surface area (Å²) in [7, 11) is 1.47. The molecule has 150 valence electrons. The number of halogens is 1. The minimum Gasteiger partial charge on any atom is -0.474 e. The van der Waals surface area contributed by atoms with Crippen LogP contribution in [0, 0.1) is 5.82 Å².